The Morgan fingerprint density at radius 3 is 2.55 bits per heavy atom. The largest absolute Gasteiger partial charge is 0.478 e. The van der Waals surface area contributed by atoms with E-state index in [-0.39, 0.29) is 5.56 Å². The molecule has 0 saturated heterocycles. The third kappa shape index (κ3) is 4.75. The molecule has 3 N–H and O–H groups in total. The topological polar surface area (TPSA) is 88.0 Å². The van der Waals surface area contributed by atoms with Gasteiger partial charge in [-0.25, -0.2) is 4.79 Å². The second-order valence-corrected chi connectivity index (χ2v) is 5.35. The van der Waals surface area contributed by atoms with E-state index in [1.54, 1.807) is 18.2 Å². The molecule has 0 aliphatic heterocycles. The molecule has 0 atom stereocenters. The number of nitrogens with two attached hydrogens (primary N) is 1. The van der Waals surface area contributed by atoms with Crippen molar-refractivity contribution in [2.24, 2.45) is 15.9 Å². The minimum Gasteiger partial charge on any atom is -0.478 e. The van der Waals surface area contributed by atoms with E-state index in [9.17, 15) is 4.79 Å². The van der Waals surface area contributed by atoms with Crippen LogP contribution in [-0.2, 0) is 5.75 Å². The number of carboxylic acid groups (broad SMARTS) is 1. The lowest BCUT2D eigenvalue weighted by molar-refractivity contribution is 0.0697. The number of amidine groups is 1. The monoisotopic (exact) mass is 313 g/mol. The number of hydrogen-bond donors (Lipinski definition) is 2. The molecule has 0 fully saturated rings. The molecule has 0 unspecified atom stereocenters. The summed E-state index contributed by atoms with van der Waals surface area (Å²) >= 11 is 1.37. The SMILES string of the molecule is NC(=NN=Cc1ccccc1C(=O)O)SCc1ccccc1. The fourth-order valence-corrected chi connectivity index (χ4v) is 2.32. The summed E-state index contributed by atoms with van der Waals surface area (Å²) in [5, 5.41) is 17.1. The van der Waals surface area contributed by atoms with Crippen LogP contribution in [0.3, 0.4) is 0 Å². The van der Waals surface area contributed by atoms with E-state index in [0.717, 1.165) is 5.56 Å². The fraction of sp³-hybridized carbons (Fsp3) is 0.0625. The van der Waals surface area contributed by atoms with Gasteiger partial charge in [0.2, 0.25) is 0 Å². The first kappa shape index (κ1) is 15.8. The summed E-state index contributed by atoms with van der Waals surface area (Å²) in [6.45, 7) is 0. The van der Waals surface area contributed by atoms with Crippen molar-refractivity contribution in [2.75, 3.05) is 0 Å². The van der Waals surface area contributed by atoms with Crippen LogP contribution in [0.25, 0.3) is 0 Å². The molecule has 0 bridgehead atoms. The molecular formula is C16H15N3O2S. The normalized spacial score (nSPS) is 11.7. The van der Waals surface area contributed by atoms with Gasteiger partial charge < -0.3 is 10.8 Å². The highest BCUT2D eigenvalue weighted by molar-refractivity contribution is 8.13. The van der Waals surface area contributed by atoms with E-state index in [0.29, 0.717) is 16.5 Å². The fourth-order valence-electron chi connectivity index (χ4n) is 1.71. The van der Waals surface area contributed by atoms with Crippen molar-refractivity contribution < 1.29 is 9.90 Å². The molecule has 0 amide bonds. The highest BCUT2D eigenvalue weighted by atomic mass is 32.2. The maximum atomic E-state index is 11.1. The van der Waals surface area contributed by atoms with E-state index in [2.05, 4.69) is 10.2 Å². The summed E-state index contributed by atoms with van der Waals surface area (Å²) in [7, 11) is 0. The van der Waals surface area contributed by atoms with Crippen LogP contribution in [0.1, 0.15) is 21.5 Å². The maximum absolute atomic E-state index is 11.1. The molecule has 0 spiro atoms. The Morgan fingerprint density at radius 1 is 1.14 bits per heavy atom. The van der Waals surface area contributed by atoms with Crippen LogP contribution < -0.4 is 5.73 Å². The van der Waals surface area contributed by atoms with Gasteiger partial charge in [-0.15, -0.1) is 5.10 Å². The Hall–Kier alpha value is -2.60. The Bertz CT molecular complexity index is 700. The van der Waals surface area contributed by atoms with Crippen LogP contribution in [0.5, 0.6) is 0 Å². The van der Waals surface area contributed by atoms with Gasteiger partial charge in [-0.2, -0.15) is 5.10 Å². The quantitative estimate of drug-likeness (QED) is 0.504. The zero-order valence-corrected chi connectivity index (χ0v) is 12.5. The molecule has 0 aliphatic carbocycles. The average molecular weight is 313 g/mol. The molecule has 0 aliphatic rings. The molecule has 5 nitrogen and oxygen atoms in total. The third-order valence-corrected chi connectivity index (χ3v) is 3.63. The van der Waals surface area contributed by atoms with Gasteiger partial charge >= 0.3 is 5.97 Å². The van der Waals surface area contributed by atoms with Crippen molar-refractivity contribution in [1.29, 1.82) is 0 Å². The molecule has 0 aromatic heterocycles. The van der Waals surface area contributed by atoms with Crippen LogP contribution in [-0.4, -0.2) is 22.5 Å². The lowest BCUT2D eigenvalue weighted by Gasteiger charge is -2.00. The maximum Gasteiger partial charge on any atom is 0.336 e. The molecule has 2 aromatic rings. The van der Waals surface area contributed by atoms with Gasteiger partial charge in [-0.1, -0.05) is 60.3 Å². The third-order valence-electron chi connectivity index (χ3n) is 2.77. The number of nitrogens with zero attached hydrogens (tertiary/aromatic N) is 2. The zero-order chi connectivity index (χ0) is 15.8. The van der Waals surface area contributed by atoms with Gasteiger partial charge in [0.15, 0.2) is 5.17 Å². The lowest BCUT2D eigenvalue weighted by Crippen LogP contribution is -2.06. The molecule has 22 heavy (non-hydrogen) atoms. The smallest absolute Gasteiger partial charge is 0.336 e. The van der Waals surface area contributed by atoms with Crippen molar-refractivity contribution in [3.63, 3.8) is 0 Å². The number of aromatic carboxylic acids is 1. The number of benzene rings is 2. The predicted molar refractivity (Wildman–Crippen MR) is 90.4 cm³/mol. The van der Waals surface area contributed by atoms with Crippen LogP contribution >= 0.6 is 11.8 Å². The van der Waals surface area contributed by atoms with Crippen LogP contribution in [0.15, 0.2) is 64.8 Å². The van der Waals surface area contributed by atoms with Crippen molar-refractivity contribution in [3.8, 4) is 0 Å². The van der Waals surface area contributed by atoms with Crippen LogP contribution in [0, 0.1) is 0 Å². The molecule has 2 rings (SSSR count). The molecule has 2 aromatic carbocycles. The first-order valence-electron chi connectivity index (χ1n) is 6.52. The van der Waals surface area contributed by atoms with Gasteiger partial charge in [0.25, 0.3) is 0 Å². The van der Waals surface area contributed by atoms with E-state index >= 15 is 0 Å². The summed E-state index contributed by atoms with van der Waals surface area (Å²) in [6.07, 6.45) is 1.39. The van der Waals surface area contributed by atoms with E-state index in [4.69, 9.17) is 10.8 Å². The molecule has 0 saturated carbocycles. The van der Waals surface area contributed by atoms with Crippen LogP contribution in [0.2, 0.25) is 0 Å². The van der Waals surface area contributed by atoms with Crippen molar-refractivity contribution in [3.05, 3.63) is 71.3 Å². The minimum atomic E-state index is -1.00. The summed E-state index contributed by atoms with van der Waals surface area (Å²) in [4.78, 5) is 11.1. The lowest BCUT2D eigenvalue weighted by atomic mass is 10.1. The van der Waals surface area contributed by atoms with Gasteiger partial charge in [0.05, 0.1) is 11.8 Å². The molecule has 6 heteroatoms. The number of carbonyl (C=O) groups is 1. The highest BCUT2D eigenvalue weighted by Crippen LogP contribution is 2.11. The second-order valence-electron chi connectivity index (χ2n) is 4.35. The number of hydrogen-bond acceptors (Lipinski definition) is 4. The van der Waals surface area contributed by atoms with E-state index < -0.39 is 5.97 Å². The van der Waals surface area contributed by atoms with E-state index in [1.807, 2.05) is 30.3 Å². The number of carboxylic acids is 1. The first-order valence-corrected chi connectivity index (χ1v) is 7.51. The van der Waals surface area contributed by atoms with Gasteiger partial charge in [-0.3, -0.25) is 0 Å². The van der Waals surface area contributed by atoms with Crippen molar-refractivity contribution >= 4 is 29.1 Å². The average Bonchev–Trinajstić information content (AvgIpc) is 2.54. The summed E-state index contributed by atoms with van der Waals surface area (Å²) in [5.74, 6) is -0.297. The summed E-state index contributed by atoms with van der Waals surface area (Å²) < 4.78 is 0. The second kappa shape index (κ2) is 7.99. The Kier molecular flexibility index (Phi) is 5.73. The van der Waals surface area contributed by atoms with Crippen LogP contribution in [0.4, 0.5) is 0 Å². The number of thioether (sulfide) groups is 1. The highest BCUT2D eigenvalue weighted by Gasteiger charge is 2.06. The minimum absolute atomic E-state index is 0.178. The standard InChI is InChI=1S/C16H15N3O2S/c17-16(22-11-12-6-2-1-3-7-12)19-18-10-13-8-4-5-9-14(13)15(20)21/h1-10H,11H2,(H2,17,19)(H,20,21). The zero-order valence-electron chi connectivity index (χ0n) is 11.7. The number of rotatable bonds is 5. The summed E-state index contributed by atoms with van der Waals surface area (Å²) in [6, 6.07) is 16.5. The van der Waals surface area contributed by atoms with Crippen molar-refractivity contribution in [1.82, 2.24) is 0 Å². The molecule has 112 valence electrons. The summed E-state index contributed by atoms with van der Waals surface area (Å²) in [5.41, 5.74) is 7.57. The molecule has 0 heterocycles. The molecule has 0 radical (unpaired) electrons. The first-order chi connectivity index (χ1) is 10.7. The van der Waals surface area contributed by atoms with Crippen molar-refractivity contribution in [2.45, 2.75) is 5.75 Å². The Labute approximate surface area is 132 Å². The van der Waals surface area contributed by atoms with Gasteiger partial charge in [-0.05, 0) is 11.6 Å². The van der Waals surface area contributed by atoms with Gasteiger partial charge in [0, 0.05) is 11.3 Å². The predicted octanol–water partition coefficient (Wildman–Crippen LogP) is 2.97. The van der Waals surface area contributed by atoms with Gasteiger partial charge in [0.1, 0.15) is 0 Å². The molecular weight excluding hydrogens is 298 g/mol. The van der Waals surface area contributed by atoms with E-state index in [1.165, 1.54) is 24.0 Å². The Morgan fingerprint density at radius 2 is 1.82 bits per heavy atom. The Balaban J connectivity index is 1.97.